The van der Waals surface area contributed by atoms with Crippen LogP contribution < -0.4 is 16.0 Å². The van der Waals surface area contributed by atoms with Gasteiger partial charge < -0.3 is 10.7 Å². The third-order valence-corrected chi connectivity index (χ3v) is 10.3. The Labute approximate surface area is 274 Å². The molecule has 5 rings (SSSR count). The molecule has 0 saturated carbocycles. The minimum absolute atomic E-state index is 0.0355. The molecule has 4 aromatic rings. The van der Waals surface area contributed by atoms with Crippen molar-refractivity contribution in [2.45, 2.75) is 43.4 Å². The van der Waals surface area contributed by atoms with Crippen molar-refractivity contribution in [3.8, 4) is 0 Å². The molecule has 0 spiro atoms. The van der Waals surface area contributed by atoms with E-state index >= 15 is 0 Å². The summed E-state index contributed by atoms with van der Waals surface area (Å²) < 4.78 is 71.3. The van der Waals surface area contributed by atoms with Gasteiger partial charge in [-0.1, -0.05) is 60.2 Å². The van der Waals surface area contributed by atoms with Crippen LogP contribution in [0.1, 0.15) is 56.4 Å². The molecule has 2 heterocycles. The highest BCUT2D eigenvalue weighted by molar-refractivity contribution is 7.89. The van der Waals surface area contributed by atoms with Crippen molar-refractivity contribution in [3.63, 3.8) is 0 Å². The minimum atomic E-state index is -4.55. The Morgan fingerprint density at radius 1 is 1.06 bits per heavy atom. The van der Waals surface area contributed by atoms with Gasteiger partial charge in [-0.05, 0) is 67.4 Å². The predicted molar refractivity (Wildman–Crippen MR) is 173 cm³/mol. The van der Waals surface area contributed by atoms with E-state index in [4.69, 9.17) is 18.0 Å². The molecule has 1 aromatic heterocycles. The van der Waals surface area contributed by atoms with Crippen LogP contribution in [0.25, 0.3) is 0 Å². The molecule has 246 valence electrons. The summed E-state index contributed by atoms with van der Waals surface area (Å²) in [5.74, 6) is -3.21. The number of piperidine rings is 1. The Balaban J connectivity index is 1.57. The molecule has 2 atom stereocenters. The largest absolute Gasteiger partial charge is 0.391 e. The molecule has 1 aliphatic rings. The number of hydrogen-bond donors (Lipinski definition) is 3. The number of nitrogens with two attached hydrogens (primary N) is 1. The molecule has 0 radical (unpaired) electrons. The first kappa shape index (κ1) is 33.8. The Bertz CT molecular complexity index is 1880. The van der Waals surface area contributed by atoms with Crippen LogP contribution in [0.3, 0.4) is 0 Å². The monoisotopic (exact) mass is 684 g/mol. The van der Waals surface area contributed by atoms with Gasteiger partial charge in [0.2, 0.25) is 10.0 Å². The van der Waals surface area contributed by atoms with Gasteiger partial charge in [-0.15, -0.1) is 0 Å². The maximum absolute atomic E-state index is 14.1. The van der Waals surface area contributed by atoms with Crippen LogP contribution in [0, 0.1) is 12.8 Å². The van der Waals surface area contributed by atoms with Crippen LogP contribution in [0.5, 0.6) is 0 Å². The number of nitrogens with zero attached hydrogens (tertiary/aromatic N) is 3. The molecule has 3 aromatic carbocycles. The van der Waals surface area contributed by atoms with Crippen LogP contribution >= 0.6 is 12.2 Å². The van der Waals surface area contributed by atoms with Gasteiger partial charge >= 0.3 is 6.18 Å². The van der Waals surface area contributed by atoms with Crippen molar-refractivity contribution >= 4 is 45.0 Å². The van der Waals surface area contributed by atoms with Crippen molar-refractivity contribution in [1.82, 2.24) is 19.6 Å². The normalized spacial score (nSPS) is 17.2. The lowest BCUT2D eigenvalue weighted by Crippen LogP contribution is -2.45. The lowest BCUT2D eigenvalue weighted by atomic mass is 9.86. The third-order valence-electron chi connectivity index (χ3n) is 8.01. The molecule has 10 nitrogen and oxygen atoms in total. The number of carbonyl (C=O) groups is 2. The van der Waals surface area contributed by atoms with E-state index in [1.165, 1.54) is 23.4 Å². The van der Waals surface area contributed by atoms with Crippen molar-refractivity contribution < 1.29 is 31.2 Å². The van der Waals surface area contributed by atoms with Crippen LogP contribution in [0.2, 0.25) is 0 Å². The van der Waals surface area contributed by atoms with Crippen molar-refractivity contribution in [2.24, 2.45) is 11.7 Å². The Morgan fingerprint density at radius 3 is 2.38 bits per heavy atom. The summed E-state index contributed by atoms with van der Waals surface area (Å²) in [5.41, 5.74) is 7.25. The number of aromatic nitrogens is 2. The number of primary amides is 1. The number of anilines is 1. The third kappa shape index (κ3) is 7.37. The lowest BCUT2D eigenvalue weighted by Gasteiger charge is -2.40. The van der Waals surface area contributed by atoms with E-state index in [1.807, 2.05) is 0 Å². The van der Waals surface area contributed by atoms with E-state index in [0.29, 0.717) is 16.7 Å². The smallest absolute Gasteiger partial charge is 0.364 e. The number of imidazole rings is 1. The number of aromatic amines is 1. The van der Waals surface area contributed by atoms with Crippen LogP contribution in [-0.4, -0.2) is 52.3 Å². The SMILES string of the molecule is Cc1ccc(S(=O)(=O)N2CC[C@H](C(F)(F)F)C[C@@H]2c2ccccc2CN(C(=S)NC(=O)c2ccccc2)c2nc[nH]c2C(N)=O)cc1. The van der Waals surface area contributed by atoms with Gasteiger partial charge in [0, 0.05) is 12.1 Å². The van der Waals surface area contributed by atoms with Gasteiger partial charge in [0.05, 0.1) is 29.7 Å². The van der Waals surface area contributed by atoms with Gasteiger partial charge in [0.15, 0.2) is 10.9 Å². The van der Waals surface area contributed by atoms with E-state index in [-0.39, 0.29) is 34.6 Å². The van der Waals surface area contributed by atoms with Crippen molar-refractivity contribution in [2.75, 3.05) is 11.4 Å². The molecule has 15 heteroatoms. The number of benzene rings is 3. The summed E-state index contributed by atoms with van der Waals surface area (Å²) >= 11 is 5.60. The number of carbonyl (C=O) groups excluding carboxylic acids is 2. The van der Waals surface area contributed by atoms with E-state index in [1.54, 1.807) is 73.7 Å². The van der Waals surface area contributed by atoms with Gasteiger partial charge in [-0.3, -0.25) is 19.8 Å². The first-order chi connectivity index (χ1) is 22.3. The molecule has 0 bridgehead atoms. The predicted octanol–water partition coefficient (Wildman–Crippen LogP) is 5.24. The van der Waals surface area contributed by atoms with Gasteiger partial charge in [-0.25, -0.2) is 13.4 Å². The first-order valence-corrected chi connectivity index (χ1v) is 16.4. The molecular weight excluding hydrogens is 654 g/mol. The lowest BCUT2D eigenvalue weighted by molar-refractivity contribution is -0.187. The molecule has 1 fully saturated rings. The van der Waals surface area contributed by atoms with E-state index in [2.05, 4.69) is 15.3 Å². The van der Waals surface area contributed by atoms with Gasteiger partial charge in [-0.2, -0.15) is 17.5 Å². The van der Waals surface area contributed by atoms with Gasteiger partial charge in [0.1, 0.15) is 5.69 Å². The maximum Gasteiger partial charge on any atom is 0.391 e. The summed E-state index contributed by atoms with van der Waals surface area (Å²) in [7, 11) is -4.22. The van der Waals surface area contributed by atoms with Crippen LogP contribution in [0.15, 0.2) is 90.1 Å². The number of alkyl halides is 3. The highest BCUT2D eigenvalue weighted by Gasteiger charge is 2.48. The van der Waals surface area contributed by atoms with E-state index in [0.717, 1.165) is 9.87 Å². The molecule has 0 unspecified atom stereocenters. The number of hydrogen-bond acceptors (Lipinski definition) is 6. The number of rotatable bonds is 8. The average Bonchev–Trinajstić information content (AvgIpc) is 3.54. The number of sulfonamides is 1. The summed E-state index contributed by atoms with van der Waals surface area (Å²) in [6, 6.07) is 19.6. The fourth-order valence-electron chi connectivity index (χ4n) is 5.57. The zero-order valence-electron chi connectivity index (χ0n) is 25.1. The molecule has 2 amide bonds. The molecule has 1 saturated heterocycles. The number of thiocarbonyl (C=S) groups is 1. The Hall–Kier alpha value is -4.60. The van der Waals surface area contributed by atoms with E-state index < -0.39 is 52.8 Å². The number of nitrogens with one attached hydrogen (secondary N) is 2. The molecule has 1 aliphatic heterocycles. The topological polar surface area (TPSA) is 141 Å². The maximum atomic E-state index is 14.1. The zero-order chi connectivity index (χ0) is 33.9. The second kappa shape index (κ2) is 13.6. The zero-order valence-corrected chi connectivity index (χ0v) is 26.7. The summed E-state index contributed by atoms with van der Waals surface area (Å²) in [5, 5.41) is 2.44. The highest BCUT2D eigenvalue weighted by atomic mass is 32.2. The second-order valence-electron chi connectivity index (χ2n) is 11.1. The molecular formula is C32H31F3N6O4S2. The summed E-state index contributed by atoms with van der Waals surface area (Å²) in [6.07, 6.45) is -4.26. The van der Waals surface area contributed by atoms with Crippen molar-refractivity contribution in [1.29, 1.82) is 0 Å². The minimum Gasteiger partial charge on any atom is -0.364 e. The summed E-state index contributed by atoms with van der Waals surface area (Å²) in [6.45, 7) is 1.23. The van der Waals surface area contributed by atoms with E-state index in [9.17, 15) is 31.2 Å². The van der Waals surface area contributed by atoms with Gasteiger partial charge in [0.25, 0.3) is 11.8 Å². The number of halogens is 3. The number of aryl methyl sites for hydroxylation is 1. The molecule has 4 N–H and O–H groups in total. The average molecular weight is 685 g/mol. The molecule has 0 aliphatic carbocycles. The second-order valence-corrected chi connectivity index (χ2v) is 13.4. The summed E-state index contributed by atoms with van der Waals surface area (Å²) in [4.78, 5) is 33.4. The first-order valence-electron chi connectivity index (χ1n) is 14.5. The highest BCUT2D eigenvalue weighted by Crippen LogP contribution is 2.45. The quantitative estimate of drug-likeness (QED) is 0.216. The van der Waals surface area contributed by atoms with Crippen LogP contribution in [0.4, 0.5) is 19.0 Å². The fourth-order valence-corrected chi connectivity index (χ4v) is 7.45. The Morgan fingerprint density at radius 2 is 1.72 bits per heavy atom. The number of H-pyrrole nitrogens is 1. The van der Waals surface area contributed by atoms with Crippen molar-refractivity contribution in [3.05, 3.63) is 113 Å². The number of amides is 2. The van der Waals surface area contributed by atoms with Crippen LogP contribution in [-0.2, 0) is 16.6 Å². The fraction of sp³-hybridized carbons (Fsp3) is 0.250. The molecule has 47 heavy (non-hydrogen) atoms. The Kier molecular flexibility index (Phi) is 9.79. The standard InChI is InChI=1S/C32H31F3N6O4S2/c1-20-11-13-24(14-12-20)47(44,45)41-16-15-23(32(33,34)35)17-26(41)25-10-6-5-9-22(25)18-40(29-27(28(36)42)37-19-38-29)31(46)39-30(43)21-7-3-2-4-8-21/h2-14,19,23,26H,15-18H2,1H3,(H2,36,42)(H,37,38)(H,39,43,46)/t23-,26+/m0/s1.